The molecular weight excluding hydrogens is 366 g/mol. The maximum absolute atomic E-state index is 12.5. The zero-order valence-electron chi connectivity index (χ0n) is 17.0. The Hall–Kier alpha value is -1.37. The zero-order valence-corrected chi connectivity index (χ0v) is 17.7. The normalized spacial score (nSPS) is 18.9. The van der Waals surface area contributed by atoms with Crippen LogP contribution in [-0.4, -0.2) is 53.6 Å². The Morgan fingerprint density at radius 3 is 2.52 bits per heavy atom. The summed E-state index contributed by atoms with van der Waals surface area (Å²) in [4.78, 5) is 19.0. The third-order valence-corrected chi connectivity index (χ3v) is 5.80. The van der Waals surface area contributed by atoms with Crippen molar-refractivity contribution >= 4 is 23.2 Å². The number of likely N-dealkylation sites (tertiary alicyclic amines) is 1. The molecule has 152 valence electrons. The fourth-order valence-electron chi connectivity index (χ4n) is 3.68. The predicted octanol–water partition coefficient (Wildman–Crippen LogP) is 3.12. The van der Waals surface area contributed by atoms with Gasteiger partial charge < -0.3 is 20.5 Å². The Balaban J connectivity index is 2.14. The molecule has 1 saturated heterocycles. The van der Waals surface area contributed by atoms with Crippen molar-refractivity contribution < 1.29 is 14.6 Å². The zero-order chi connectivity index (χ0) is 20.4. The molecule has 0 aliphatic carbocycles. The maximum Gasteiger partial charge on any atom is 0.219 e. The molecule has 2 unspecified atom stereocenters. The molecule has 1 aliphatic heterocycles. The van der Waals surface area contributed by atoms with E-state index in [9.17, 15) is 9.90 Å². The van der Waals surface area contributed by atoms with Crippen molar-refractivity contribution in [2.24, 2.45) is 11.3 Å². The summed E-state index contributed by atoms with van der Waals surface area (Å²) in [6, 6.07) is 1.71. The van der Waals surface area contributed by atoms with Crippen LogP contribution in [0.4, 0.5) is 5.82 Å². The van der Waals surface area contributed by atoms with E-state index in [1.807, 2.05) is 20.8 Å². The van der Waals surface area contributed by atoms with Crippen LogP contribution in [0, 0.1) is 11.3 Å². The first kappa shape index (κ1) is 21.9. The van der Waals surface area contributed by atoms with E-state index in [2.05, 4.69) is 9.88 Å². The van der Waals surface area contributed by atoms with Gasteiger partial charge >= 0.3 is 0 Å². The molecule has 27 heavy (non-hydrogen) atoms. The minimum Gasteiger partial charge on any atom is -0.481 e. The van der Waals surface area contributed by atoms with E-state index < -0.39 is 0 Å². The first-order chi connectivity index (χ1) is 12.5. The molecule has 0 aromatic carbocycles. The number of aliphatic hydroxyl groups is 1. The summed E-state index contributed by atoms with van der Waals surface area (Å²) in [6.45, 7) is 10.1. The van der Waals surface area contributed by atoms with E-state index in [4.69, 9.17) is 22.1 Å². The number of anilines is 1. The molecule has 1 aliphatic rings. The summed E-state index contributed by atoms with van der Waals surface area (Å²) in [5, 5.41) is 10.7. The number of carbonyl (C=O) groups is 1. The van der Waals surface area contributed by atoms with Gasteiger partial charge in [0.15, 0.2) is 0 Å². The number of carbonyl (C=O) groups excluding carboxylic acids is 1. The lowest BCUT2D eigenvalue weighted by atomic mass is 9.78. The Morgan fingerprint density at radius 1 is 1.44 bits per heavy atom. The molecule has 0 saturated carbocycles. The number of rotatable bonds is 6. The number of methoxy groups -OCH3 is 1. The van der Waals surface area contributed by atoms with Gasteiger partial charge in [-0.3, -0.25) is 4.79 Å². The van der Waals surface area contributed by atoms with Crippen molar-refractivity contribution in [3.63, 3.8) is 0 Å². The summed E-state index contributed by atoms with van der Waals surface area (Å²) in [5.74, 6) is 0.499. The molecule has 2 rings (SSSR count). The minimum absolute atomic E-state index is 0.0733. The van der Waals surface area contributed by atoms with Crippen molar-refractivity contribution in [3.8, 4) is 5.88 Å². The molecule has 0 amide bonds. The first-order valence-corrected chi connectivity index (χ1v) is 9.83. The molecule has 7 heteroatoms. The second-order valence-corrected chi connectivity index (χ2v) is 8.97. The van der Waals surface area contributed by atoms with Crippen LogP contribution in [0.25, 0.3) is 0 Å². The Morgan fingerprint density at radius 2 is 2.04 bits per heavy atom. The van der Waals surface area contributed by atoms with Crippen molar-refractivity contribution in [1.82, 2.24) is 9.88 Å². The van der Waals surface area contributed by atoms with Gasteiger partial charge in [0.05, 0.1) is 24.2 Å². The Labute approximate surface area is 167 Å². The first-order valence-electron chi connectivity index (χ1n) is 9.45. The average molecular weight is 398 g/mol. The number of aliphatic hydroxyl groups excluding tert-OH is 1. The van der Waals surface area contributed by atoms with Crippen LogP contribution < -0.4 is 10.5 Å². The number of β-amino-alcohol motifs (C(OH)–C–C–N with tert-alkyl or cyclic N) is 1. The van der Waals surface area contributed by atoms with E-state index >= 15 is 0 Å². The highest BCUT2D eigenvalue weighted by atomic mass is 35.5. The number of nitrogens with two attached hydrogens (primary N) is 1. The molecule has 3 N–H and O–H groups in total. The quantitative estimate of drug-likeness (QED) is 0.766. The number of ether oxygens (including phenoxy) is 1. The topological polar surface area (TPSA) is 88.7 Å². The lowest BCUT2D eigenvalue weighted by Gasteiger charge is -2.38. The van der Waals surface area contributed by atoms with Gasteiger partial charge in [-0.2, -0.15) is 4.98 Å². The van der Waals surface area contributed by atoms with Crippen LogP contribution in [0.3, 0.4) is 0 Å². The summed E-state index contributed by atoms with van der Waals surface area (Å²) >= 11 is 6.16. The average Bonchev–Trinajstić information content (AvgIpc) is 2.58. The lowest BCUT2D eigenvalue weighted by molar-refractivity contribution is -0.120. The number of ketones is 1. The molecule has 1 aromatic rings. The Kier molecular flexibility index (Phi) is 7.11. The van der Waals surface area contributed by atoms with E-state index in [-0.39, 0.29) is 35.0 Å². The van der Waals surface area contributed by atoms with Crippen LogP contribution in [0.2, 0.25) is 5.02 Å². The van der Waals surface area contributed by atoms with Crippen molar-refractivity contribution in [2.75, 3.05) is 32.5 Å². The summed E-state index contributed by atoms with van der Waals surface area (Å²) < 4.78 is 5.37. The number of hydrogen-bond donors (Lipinski definition) is 2. The van der Waals surface area contributed by atoms with Crippen LogP contribution in [0.1, 0.15) is 52.0 Å². The SMILES string of the molecule is COc1nc(N)c(Cl)cc1C(C(C)=O)C1CCN(CC(O)C(C)(C)C)CC1. The van der Waals surface area contributed by atoms with Crippen molar-refractivity contribution in [1.29, 1.82) is 0 Å². The van der Waals surface area contributed by atoms with Crippen LogP contribution in [0.5, 0.6) is 5.88 Å². The van der Waals surface area contributed by atoms with Gasteiger partial charge in [0.25, 0.3) is 0 Å². The smallest absolute Gasteiger partial charge is 0.219 e. The van der Waals surface area contributed by atoms with Crippen LogP contribution in [0.15, 0.2) is 6.07 Å². The molecule has 6 nitrogen and oxygen atoms in total. The highest BCUT2D eigenvalue weighted by Gasteiger charge is 2.34. The van der Waals surface area contributed by atoms with Gasteiger partial charge in [-0.05, 0) is 50.3 Å². The van der Waals surface area contributed by atoms with Gasteiger partial charge in [-0.15, -0.1) is 0 Å². The summed E-state index contributed by atoms with van der Waals surface area (Å²) in [6.07, 6.45) is 1.36. The predicted molar refractivity (Wildman–Crippen MR) is 108 cm³/mol. The number of nitrogens with zero attached hydrogens (tertiary/aromatic N) is 2. The van der Waals surface area contributed by atoms with Gasteiger partial charge in [0, 0.05) is 12.1 Å². The minimum atomic E-state index is -0.377. The number of halogens is 1. The summed E-state index contributed by atoms with van der Waals surface area (Å²) in [7, 11) is 1.52. The van der Waals surface area contributed by atoms with Gasteiger partial charge in [0.1, 0.15) is 11.6 Å². The van der Waals surface area contributed by atoms with Crippen LogP contribution in [-0.2, 0) is 4.79 Å². The number of aromatic nitrogens is 1. The maximum atomic E-state index is 12.5. The molecule has 0 radical (unpaired) electrons. The third-order valence-electron chi connectivity index (χ3n) is 5.50. The molecule has 2 heterocycles. The molecule has 0 bridgehead atoms. The van der Waals surface area contributed by atoms with E-state index in [1.165, 1.54) is 7.11 Å². The molecule has 1 aromatic heterocycles. The monoisotopic (exact) mass is 397 g/mol. The number of nitrogen functional groups attached to an aromatic ring is 1. The number of hydrogen-bond acceptors (Lipinski definition) is 6. The molecule has 1 fully saturated rings. The van der Waals surface area contributed by atoms with E-state index in [0.29, 0.717) is 23.0 Å². The second kappa shape index (κ2) is 8.76. The summed E-state index contributed by atoms with van der Waals surface area (Å²) in [5.41, 5.74) is 6.35. The fraction of sp³-hybridized carbons (Fsp3) is 0.700. The largest absolute Gasteiger partial charge is 0.481 e. The Bertz CT molecular complexity index is 667. The number of piperidine rings is 1. The highest BCUT2D eigenvalue weighted by Crippen LogP contribution is 2.39. The molecule has 0 spiro atoms. The van der Waals surface area contributed by atoms with Crippen molar-refractivity contribution in [3.05, 3.63) is 16.7 Å². The standard InChI is InChI=1S/C20H32ClN3O3/c1-12(25)17(14-10-15(21)18(22)23-19(14)27-5)13-6-8-24(9-7-13)11-16(26)20(2,3)4/h10,13,16-17,26H,6-9,11H2,1-5H3,(H2,22,23). The van der Waals surface area contributed by atoms with Crippen molar-refractivity contribution in [2.45, 2.75) is 52.6 Å². The molecular formula is C20H32ClN3O3. The number of pyridine rings is 1. The van der Waals surface area contributed by atoms with E-state index in [0.717, 1.165) is 25.9 Å². The van der Waals surface area contributed by atoms with Crippen LogP contribution >= 0.6 is 11.6 Å². The van der Waals surface area contributed by atoms with Gasteiger partial charge in [-0.25, -0.2) is 0 Å². The van der Waals surface area contributed by atoms with E-state index in [1.54, 1.807) is 13.0 Å². The second-order valence-electron chi connectivity index (χ2n) is 8.56. The third kappa shape index (κ3) is 5.33. The number of Topliss-reactive ketones (excluding diaryl/α,β-unsaturated/α-hetero) is 1. The molecule has 2 atom stereocenters. The van der Waals surface area contributed by atoms with Gasteiger partial charge in [0.2, 0.25) is 5.88 Å². The fourth-order valence-corrected chi connectivity index (χ4v) is 3.84. The highest BCUT2D eigenvalue weighted by molar-refractivity contribution is 6.32. The lowest BCUT2D eigenvalue weighted by Crippen LogP contribution is -2.44. The van der Waals surface area contributed by atoms with Gasteiger partial charge in [-0.1, -0.05) is 32.4 Å².